The molecular weight excluding hydrogens is 242 g/mol. The van der Waals surface area contributed by atoms with Crippen LogP contribution < -0.4 is 0 Å². The summed E-state index contributed by atoms with van der Waals surface area (Å²) in [5.74, 6) is 0.524. The summed E-state index contributed by atoms with van der Waals surface area (Å²) < 4.78 is 0. The fraction of sp³-hybridized carbons (Fsp3) is 0.733. The van der Waals surface area contributed by atoms with Gasteiger partial charge in [-0.25, -0.2) is 0 Å². The number of piperidine rings is 1. The van der Waals surface area contributed by atoms with Gasteiger partial charge in [-0.3, -0.25) is 9.59 Å². The van der Waals surface area contributed by atoms with Crippen LogP contribution in [-0.2, 0) is 9.59 Å². The second-order valence-electron chi connectivity index (χ2n) is 6.17. The summed E-state index contributed by atoms with van der Waals surface area (Å²) >= 11 is 0. The molecule has 19 heavy (non-hydrogen) atoms. The van der Waals surface area contributed by atoms with Crippen molar-refractivity contribution in [1.29, 1.82) is 0 Å². The predicted octanol–water partition coefficient (Wildman–Crippen LogP) is 2.05. The molecule has 4 atom stereocenters. The summed E-state index contributed by atoms with van der Waals surface area (Å²) in [6, 6.07) is -0.0816. The average molecular weight is 263 g/mol. The van der Waals surface area contributed by atoms with Crippen molar-refractivity contribution < 1.29 is 14.7 Å². The third-order valence-electron chi connectivity index (χ3n) is 4.92. The highest BCUT2D eigenvalue weighted by atomic mass is 16.4. The van der Waals surface area contributed by atoms with E-state index < -0.39 is 5.97 Å². The molecule has 0 aromatic rings. The van der Waals surface area contributed by atoms with E-state index >= 15 is 0 Å². The molecule has 3 rings (SSSR count). The lowest BCUT2D eigenvalue weighted by molar-refractivity contribution is -0.144. The largest absolute Gasteiger partial charge is 0.481 e. The number of carboxylic acid groups (broad SMARTS) is 1. The molecule has 4 unspecified atom stereocenters. The van der Waals surface area contributed by atoms with Gasteiger partial charge in [0.15, 0.2) is 0 Å². The van der Waals surface area contributed by atoms with Crippen LogP contribution in [0.5, 0.6) is 0 Å². The van der Waals surface area contributed by atoms with Crippen LogP contribution in [0.15, 0.2) is 12.2 Å². The number of carbonyl (C=O) groups excluding carboxylic acids is 1. The van der Waals surface area contributed by atoms with E-state index in [0.717, 1.165) is 38.6 Å². The Morgan fingerprint density at radius 2 is 2.05 bits per heavy atom. The van der Waals surface area contributed by atoms with Gasteiger partial charge in [-0.05, 0) is 43.9 Å². The molecule has 1 N–H and O–H groups in total. The maximum absolute atomic E-state index is 12.7. The fourth-order valence-corrected chi connectivity index (χ4v) is 3.98. The van der Waals surface area contributed by atoms with Gasteiger partial charge in [0.1, 0.15) is 0 Å². The van der Waals surface area contributed by atoms with Gasteiger partial charge in [0.2, 0.25) is 5.91 Å². The van der Waals surface area contributed by atoms with E-state index in [0.29, 0.717) is 11.8 Å². The Bertz CT molecular complexity index is 418. The van der Waals surface area contributed by atoms with E-state index in [2.05, 4.69) is 12.2 Å². The summed E-state index contributed by atoms with van der Waals surface area (Å²) in [6.45, 7) is 0.744. The number of nitrogens with zero attached hydrogens (tertiary/aromatic N) is 1. The van der Waals surface area contributed by atoms with Crippen molar-refractivity contribution in [2.24, 2.45) is 17.8 Å². The Morgan fingerprint density at radius 3 is 2.68 bits per heavy atom. The van der Waals surface area contributed by atoms with E-state index in [-0.39, 0.29) is 24.3 Å². The monoisotopic (exact) mass is 263 g/mol. The van der Waals surface area contributed by atoms with Gasteiger partial charge in [-0.15, -0.1) is 0 Å². The van der Waals surface area contributed by atoms with Crippen LogP contribution in [0.3, 0.4) is 0 Å². The van der Waals surface area contributed by atoms with E-state index in [4.69, 9.17) is 5.11 Å². The molecule has 0 radical (unpaired) electrons. The summed E-state index contributed by atoms with van der Waals surface area (Å²) in [5, 5.41) is 8.99. The fourth-order valence-electron chi connectivity index (χ4n) is 3.98. The van der Waals surface area contributed by atoms with Crippen molar-refractivity contribution >= 4 is 11.9 Å². The number of amides is 1. The minimum Gasteiger partial charge on any atom is -0.481 e. The molecule has 0 aromatic carbocycles. The van der Waals surface area contributed by atoms with Crippen LogP contribution in [0.4, 0.5) is 0 Å². The molecule has 0 spiro atoms. The number of hydrogen-bond acceptors (Lipinski definition) is 2. The van der Waals surface area contributed by atoms with Gasteiger partial charge < -0.3 is 10.0 Å². The van der Waals surface area contributed by atoms with Crippen molar-refractivity contribution in [2.75, 3.05) is 6.54 Å². The predicted molar refractivity (Wildman–Crippen MR) is 70.4 cm³/mol. The number of hydrogen-bond donors (Lipinski definition) is 1. The minimum atomic E-state index is -0.794. The number of allylic oxidation sites excluding steroid dienone is 2. The first-order valence-electron chi connectivity index (χ1n) is 7.35. The number of rotatable bonds is 3. The van der Waals surface area contributed by atoms with Crippen LogP contribution in [0.2, 0.25) is 0 Å². The molecule has 4 nitrogen and oxygen atoms in total. The number of likely N-dealkylation sites (tertiary alicyclic amines) is 1. The lowest BCUT2D eigenvalue weighted by atomic mass is 9.89. The van der Waals surface area contributed by atoms with E-state index in [1.165, 1.54) is 0 Å². The third-order valence-corrected chi connectivity index (χ3v) is 4.92. The molecule has 4 heteroatoms. The van der Waals surface area contributed by atoms with Gasteiger partial charge in [-0.2, -0.15) is 0 Å². The summed E-state index contributed by atoms with van der Waals surface area (Å²) in [7, 11) is 0. The highest BCUT2D eigenvalue weighted by Gasteiger charge is 2.43. The van der Waals surface area contributed by atoms with E-state index in [9.17, 15) is 9.59 Å². The zero-order valence-electron chi connectivity index (χ0n) is 11.1. The second kappa shape index (κ2) is 4.99. The molecule has 2 aliphatic carbocycles. The Hall–Kier alpha value is -1.32. The first-order valence-corrected chi connectivity index (χ1v) is 7.35. The molecule has 2 fully saturated rings. The van der Waals surface area contributed by atoms with E-state index in [1.807, 2.05) is 4.90 Å². The molecule has 1 saturated heterocycles. The van der Waals surface area contributed by atoms with Gasteiger partial charge in [0, 0.05) is 18.5 Å². The van der Waals surface area contributed by atoms with Crippen molar-refractivity contribution in [3.05, 3.63) is 12.2 Å². The number of carboxylic acids is 1. The lowest BCUT2D eigenvalue weighted by Crippen LogP contribution is -2.48. The topological polar surface area (TPSA) is 57.6 Å². The van der Waals surface area contributed by atoms with Crippen molar-refractivity contribution in [3.8, 4) is 0 Å². The second-order valence-corrected chi connectivity index (χ2v) is 6.17. The van der Waals surface area contributed by atoms with Crippen molar-refractivity contribution in [2.45, 2.75) is 44.6 Å². The summed E-state index contributed by atoms with van der Waals surface area (Å²) in [5.41, 5.74) is 0. The minimum absolute atomic E-state index is 0.0816. The van der Waals surface area contributed by atoms with Gasteiger partial charge in [-0.1, -0.05) is 12.2 Å². The van der Waals surface area contributed by atoms with Crippen LogP contribution in [0.1, 0.15) is 38.5 Å². The lowest BCUT2D eigenvalue weighted by Gasteiger charge is -2.37. The Labute approximate surface area is 113 Å². The van der Waals surface area contributed by atoms with Crippen LogP contribution >= 0.6 is 0 Å². The van der Waals surface area contributed by atoms with Crippen LogP contribution in [0.25, 0.3) is 0 Å². The zero-order chi connectivity index (χ0) is 13.4. The Balaban J connectivity index is 1.70. The SMILES string of the molecule is O=C(O)CC1CCCCN1C(=O)C1CC2C=CC1C2. The molecular formula is C15H21NO3. The van der Waals surface area contributed by atoms with Crippen LogP contribution in [-0.4, -0.2) is 34.5 Å². The zero-order valence-corrected chi connectivity index (χ0v) is 11.1. The highest BCUT2D eigenvalue weighted by molar-refractivity contribution is 5.81. The van der Waals surface area contributed by atoms with Gasteiger partial charge in [0.25, 0.3) is 0 Å². The number of aliphatic carboxylic acids is 1. The van der Waals surface area contributed by atoms with Crippen molar-refractivity contribution in [3.63, 3.8) is 0 Å². The third kappa shape index (κ3) is 2.40. The van der Waals surface area contributed by atoms with Crippen molar-refractivity contribution in [1.82, 2.24) is 4.90 Å². The maximum atomic E-state index is 12.7. The Morgan fingerprint density at radius 1 is 1.21 bits per heavy atom. The smallest absolute Gasteiger partial charge is 0.305 e. The van der Waals surface area contributed by atoms with Crippen LogP contribution in [0, 0.1) is 17.8 Å². The van der Waals surface area contributed by atoms with E-state index in [1.54, 1.807) is 0 Å². The molecule has 104 valence electrons. The van der Waals surface area contributed by atoms with Gasteiger partial charge >= 0.3 is 5.97 Å². The Kier molecular flexibility index (Phi) is 3.33. The average Bonchev–Trinajstić information content (AvgIpc) is 3.00. The molecule has 1 amide bonds. The normalized spacial score (nSPS) is 36.7. The van der Waals surface area contributed by atoms with Gasteiger partial charge in [0.05, 0.1) is 6.42 Å². The first kappa shape index (κ1) is 12.7. The number of fused-ring (bicyclic) bond motifs is 2. The summed E-state index contributed by atoms with van der Waals surface area (Å²) in [6.07, 6.45) is 9.50. The maximum Gasteiger partial charge on any atom is 0.305 e. The molecule has 3 aliphatic rings. The highest BCUT2D eigenvalue weighted by Crippen LogP contribution is 2.44. The first-order chi connectivity index (χ1) is 9.15. The molecule has 1 aliphatic heterocycles. The molecule has 1 heterocycles. The molecule has 1 saturated carbocycles. The molecule has 2 bridgehead atoms. The number of carbonyl (C=O) groups is 2. The standard InChI is InChI=1S/C15H21NO3/c17-14(18)9-12-3-1-2-6-16(12)15(19)13-8-10-4-5-11(13)7-10/h4-5,10-13H,1-3,6-9H2,(H,17,18). The quantitative estimate of drug-likeness (QED) is 0.793. The molecule has 0 aromatic heterocycles. The summed E-state index contributed by atoms with van der Waals surface area (Å²) in [4.78, 5) is 25.5.